The third kappa shape index (κ3) is 4.52. The van der Waals surface area contributed by atoms with Crippen molar-refractivity contribution in [1.82, 2.24) is 4.31 Å². The number of rotatable bonds is 7. The Morgan fingerprint density at radius 1 is 1.24 bits per heavy atom. The fourth-order valence-corrected chi connectivity index (χ4v) is 5.31. The van der Waals surface area contributed by atoms with Gasteiger partial charge in [0.15, 0.2) is 0 Å². The van der Waals surface area contributed by atoms with E-state index in [0.29, 0.717) is 18.7 Å². The molecule has 0 aromatic carbocycles. The molecule has 1 rings (SSSR count). The first kappa shape index (κ1) is 18.1. The molecule has 0 radical (unpaired) electrons. The lowest BCUT2D eigenvalue weighted by Gasteiger charge is -2.24. The Kier molecular flexibility index (Phi) is 5.95. The minimum Gasteiger partial charge on any atom is -0.477 e. The van der Waals surface area contributed by atoms with Crippen molar-refractivity contribution >= 4 is 27.3 Å². The zero-order valence-corrected chi connectivity index (χ0v) is 14.7. The predicted molar refractivity (Wildman–Crippen MR) is 84.5 cm³/mol. The normalized spacial score (nSPS) is 12.6. The van der Waals surface area contributed by atoms with E-state index >= 15 is 0 Å². The summed E-state index contributed by atoms with van der Waals surface area (Å²) < 4.78 is 27.0. The summed E-state index contributed by atoms with van der Waals surface area (Å²) in [6.07, 6.45) is 0. The monoisotopic (exact) mass is 333 g/mol. The third-order valence-corrected chi connectivity index (χ3v) is 6.33. The van der Waals surface area contributed by atoms with Gasteiger partial charge >= 0.3 is 5.97 Å². The van der Waals surface area contributed by atoms with Gasteiger partial charge in [0.2, 0.25) is 0 Å². The van der Waals surface area contributed by atoms with Gasteiger partial charge in [-0.1, -0.05) is 27.7 Å². The van der Waals surface area contributed by atoms with Gasteiger partial charge in [0.05, 0.1) is 0 Å². The highest BCUT2D eigenvalue weighted by Gasteiger charge is 2.29. The van der Waals surface area contributed by atoms with Crippen molar-refractivity contribution in [2.24, 2.45) is 11.8 Å². The molecule has 0 saturated heterocycles. The Morgan fingerprint density at radius 2 is 1.71 bits per heavy atom. The molecule has 0 spiro atoms. The number of carbonyl (C=O) groups is 1. The predicted octanol–water partition coefficient (Wildman–Crippen LogP) is 3.06. The molecule has 1 heterocycles. The molecule has 0 fully saturated rings. The van der Waals surface area contributed by atoms with Crippen LogP contribution in [0.5, 0.6) is 0 Å². The third-order valence-electron chi connectivity index (χ3n) is 2.82. The number of hydrogen-bond donors (Lipinski definition) is 1. The lowest BCUT2D eigenvalue weighted by atomic mass is 10.2. The zero-order valence-electron chi connectivity index (χ0n) is 13.1. The number of carboxylic acids is 1. The molecule has 0 saturated carbocycles. The number of carboxylic acid groups (broad SMARTS) is 1. The largest absolute Gasteiger partial charge is 0.477 e. The van der Waals surface area contributed by atoms with Crippen LogP contribution in [0.2, 0.25) is 0 Å². The molecule has 21 heavy (non-hydrogen) atoms. The molecular formula is C14H23NO4S2. The number of sulfonamides is 1. The van der Waals surface area contributed by atoms with Crippen LogP contribution in [0.15, 0.2) is 10.3 Å². The highest BCUT2D eigenvalue weighted by atomic mass is 32.2. The van der Waals surface area contributed by atoms with Crippen LogP contribution in [0.3, 0.4) is 0 Å². The minimum atomic E-state index is -3.64. The smallest absolute Gasteiger partial charge is 0.346 e. The van der Waals surface area contributed by atoms with E-state index in [1.165, 1.54) is 10.4 Å². The highest BCUT2D eigenvalue weighted by molar-refractivity contribution is 7.91. The van der Waals surface area contributed by atoms with E-state index in [9.17, 15) is 13.2 Å². The van der Waals surface area contributed by atoms with Gasteiger partial charge in [-0.2, -0.15) is 4.31 Å². The summed E-state index contributed by atoms with van der Waals surface area (Å²) in [7, 11) is -3.64. The molecule has 1 N–H and O–H groups in total. The summed E-state index contributed by atoms with van der Waals surface area (Å²) >= 11 is 0.828. The molecule has 0 unspecified atom stereocenters. The van der Waals surface area contributed by atoms with Crippen LogP contribution in [0.1, 0.15) is 42.9 Å². The maximum Gasteiger partial charge on any atom is 0.346 e. The van der Waals surface area contributed by atoms with Gasteiger partial charge in [-0.3, -0.25) is 0 Å². The van der Waals surface area contributed by atoms with Gasteiger partial charge in [0.1, 0.15) is 9.09 Å². The molecule has 120 valence electrons. The lowest BCUT2D eigenvalue weighted by molar-refractivity contribution is 0.0701. The summed E-state index contributed by atoms with van der Waals surface area (Å²) in [6, 6.07) is 1.46. The first-order valence-electron chi connectivity index (χ1n) is 6.89. The standard InChI is InChI=1S/C14H23NO4S2/c1-9(2)7-15(8-10(3)4)21(18,19)12-6-11(5)13(20-12)14(16)17/h6,9-10H,7-8H2,1-5H3,(H,16,17). The van der Waals surface area contributed by atoms with Crippen LogP contribution < -0.4 is 0 Å². The minimum absolute atomic E-state index is 0.0858. The van der Waals surface area contributed by atoms with Crippen LogP contribution in [-0.4, -0.2) is 36.9 Å². The second-order valence-corrected chi connectivity index (χ2v) is 9.21. The lowest BCUT2D eigenvalue weighted by Crippen LogP contribution is -2.36. The van der Waals surface area contributed by atoms with Crippen molar-refractivity contribution in [3.8, 4) is 0 Å². The van der Waals surface area contributed by atoms with Crippen molar-refractivity contribution in [3.05, 3.63) is 16.5 Å². The van der Waals surface area contributed by atoms with Crippen molar-refractivity contribution in [3.63, 3.8) is 0 Å². The fourth-order valence-electron chi connectivity index (χ4n) is 2.00. The van der Waals surface area contributed by atoms with E-state index in [2.05, 4.69) is 0 Å². The Balaban J connectivity index is 3.21. The number of nitrogens with zero attached hydrogens (tertiary/aromatic N) is 1. The topological polar surface area (TPSA) is 74.7 Å². The highest BCUT2D eigenvalue weighted by Crippen LogP contribution is 2.29. The molecular weight excluding hydrogens is 310 g/mol. The Morgan fingerprint density at radius 3 is 2.05 bits per heavy atom. The maximum absolute atomic E-state index is 12.7. The zero-order chi connectivity index (χ0) is 16.4. The Hall–Kier alpha value is -0.920. The van der Waals surface area contributed by atoms with E-state index in [1.54, 1.807) is 6.92 Å². The summed E-state index contributed by atoms with van der Waals surface area (Å²) in [5.74, 6) is -0.671. The van der Waals surface area contributed by atoms with Crippen molar-refractivity contribution in [2.45, 2.75) is 38.8 Å². The van der Waals surface area contributed by atoms with Crippen LogP contribution in [0.4, 0.5) is 0 Å². The molecule has 1 aromatic rings. The van der Waals surface area contributed by atoms with Gasteiger partial charge < -0.3 is 5.11 Å². The number of aromatic carboxylic acids is 1. The van der Waals surface area contributed by atoms with Crippen molar-refractivity contribution in [2.75, 3.05) is 13.1 Å². The van der Waals surface area contributed by atoms with Crippen LogP contribution in [0, 0.1) is 18.8 Å². The van der Waals surface area contributed by atoms with Crippen LogP contribution in [0.25, 0.3) is 0 Å². The van der Waals surface area contributed by atoms with E-state index in [1.807, 2.05) is 27.7 Å². The summed E-state index contributed by atoms with van der Waals surface area (Å²) in [4.78, 5) is 11.2. The van der Waals surface area contributed by atoms with Gasteiger partial charge in [0.25, 0.3) is 10.0 Å². The van der Waals surface area contributed by atoms with Gasteiger partial charge in [0, 0.05) is 13.1 Å². The van der Waals surface area contributed by atoms with Crippen molar-refractivity contribution in [1.29, 1.82) is 0 Å². The summed E-state index contributed by atoms with van der Waals surface area (Å²) in [6.45, 7) is 10.3. The average Bonchev–Trinajstić information content (AvgIpc) is 2.70. The maximum atomic E-state index is 12.7. The molecule has 0 aliphatic carbocycles. The second kappa shape index (κ2) is 6.89. The molecule has 0 bridgehead atoms. The second-order valence-electron chi connectivity index (χ2n) is 5.99. The SMILES string of the molecule is Cc1cc(S(=O)(=O)N(CC(C)C)CC(C)C)sc1C(=O)O. The molecule has 0 amide bonds. The molecule has 7 heteroatoms. The molecule has 1 aromatic heterocycles. The number of thiophene rings is 1. The number of aryl methyl sites for hydroxylation is 1. The number of hydrogen-bond acceptors (Lipinski definition) is 4. The van der Waals surface area contributed by atoms with E-state index in [0.717, 1.165) is 11.3 Å². The fraction of sp³-hybridized carbons (Fsp3) is 0.643. The van der Waals surface area contributed by atoms with Crippen molar-refractivity contribution < 1.29 is 18.3 Å². The Labute approximate surface area is 130 Å². The molecule has 0 aliphatic rings. The van der Waals surface area contributed by atoms with E-state index < -0.39 is 16.0 Å². The van der Waals surface area contributed by atoms with Crippen LogP contribution in [-0.2, 0) is 10.0 Å². The first-order chi connectivity index (χ1) is 9.55. The first-order valence-corrected chi connectivity index (χ1v) is 9.15. The van der Waals surface area contributed by atoms with Gasteiger partial charge in [-0.15, -0.1) is 11.3 Å². The summed E-state index contributed by atoms with van der Waals surface area (Å²) in [5.41, 5.74) is 0.486. The quantitative estimate of drug-likeness (QED) is 0.832. The molecule has 0 atom stereocenters. The summed E-state index contributed by atoms with van der Waals surface area (Å²) in [5, 5.41) is 9.08. The van der Waals surface area contributed by atoms with Crippen LogP contribution >= 0.6 is 11.3 Å². The van der Waals surface area contributed by atoms with Gasteiger partial charge in [-0.05, 0) is 30.4 Å². The molecule has 5 nitrogen and oxygen atoms in total. The van der Waals surface area contributed by atoms with E-state index in [-0.39, 0.29) is 20.9 Å². The van der Waals surface area contributed by atoms with Gasteiger partial charge in [-0.25, -0.2) is 13.2 Å². The molecule has 0 aliphatic heterocycles. The Bertz CT molecular complexity index is 592. The average molecular weight is 333 g/mol. The van der Waals surface area contributed by atoms with E-state index in [4.69, 9.17) is 5.11 Å².